The Hall–Kier alpha value is -2.81. The molecule has 1 heterocycles. The third-order valence-electron chi connectivity index (χ3n) is 4.40. The van der Waals surface area contributed by atoms with Crippen molar-refractivity contribution in [1.29, 1.82) is 5.26 Å². The topological polar surface area (TPSA) is 71.3 Å². The normalized spacial score (nSPS) is 16.4. The summed E-state index contributed by atoms with van der Waals surface area (Å²) < 4.78 is 11.3. The fraction of sp³-hybridized carbons (Fsp3) is 0.273. The molecule has 1 fully saturated rings. The number of nitrogens with one attached hydrogen (secondary N) is 1. The van der Waals surface area contributed by atoms with E-state index in [1.165, 1.54) is 0 Å². The molecule has 1 saturated heterocycles. The van der Waals surface area contributed by atoms with Gasteiger partial charge in [0.05, 0.1) is 6.10 Å². The van der Waals surface area contributed by atoms with Crippen LogP contribution in [0, 0.1) is 11.3 Å². The average Bonchev–Trinajstić information content (AvgIpc) is 3.23. The minimum atomic E-state index is -0.402. The summed E-state index contributed by atoms with van der Waals surface area (Å²) in [7, 11) is 0. The van der Waals surface area contributed by atoms with E-state index < -0.39 is 5.91 Å². The predicted octanol–water partition coefficient (Wildman–Crippen LogP) is 4.12. The summed E-state index contributed by atoms with van der Waals surface area (Å²) in [6, 6.07) is 16.7. The van der Waals surface area contributed by atoms with E-state index in [9.17, 15) is 10.1 Å². The minimum absolute atomic E-state index is 0.0328. The number of benzene rings is 2. The summed E-state index contributed by atoms with van der Waals surface area (Å²) in [5, 5.41) is 12.8. The molecule has 1 atom stereocenters. The molecule has 0 radical (unpaired) electrons. The largest absolute Gasteiger partial charge is 0.489 e. The number of nitrogens with zero attached hydrogens (tertiary/aromatic N) is 1. The van der Waals surface area contributed by atoms with E-state index in [1.807, 2.05) is 48.5 Å². The van der Waals surface area contributed by atoms with Gasteiger partial charge in [0.2, 0.25) is 0 Å². The Bertz CT molecular complexity index is 899. The van der Waals surface area contributed by atoms with Crippen LogP contribution in [0.1, 0.15) is 24.0 Å². The predicted molar refractivity (Wildman–Crippen MR) is 108 cm³/mol. The molecule has 0 saturated carbocycles. The van der Waals surface area contributed by atoms with Crippen LogP contribution >= 0.6 is 11.6 Å². The van der Waals surface area contributed by atoms with E-state index in [1.54, 1.807) is 12.1 Å². The fourth-order valence-electron chi connectivity index (χ4n) is 2.89. The van der Waals surface area contributed by atoms with E-state index in [4.69, 9.17) is 21.1 Å². The molecule has 2 aromatic carbocycles. The highest BCUT2D eigenvalue weighted by atomic mass is 35.5. The quantitative estimate of drug-likeness (QED) is 0.564. The number of nitriles is 1. The third kappa shape index (κ3) is 5.59. The van der Waals surface area contributed by atoms with Crippen LogP contribution in [0.4, 0.5) is 0 Å². The Morgan fingerprint density at radius 2 is 2.18 bits per heavy atom. The Balaban J connectivity index is 1.63. The van der Waals surface area contributed by atoms with Crippen LogP contribution in [-0.4, -0.2) is 25.2 Å². The van der Waals surface area contributed by atoms with E-state index in [-0.39, 0.29) is 11.7 Å². The number of hydrogen-bond donors (Lipinski definition) is 1. The second-order valence-corrected chi connectivity index (χ2v) is 6.87. The van der Waals surface area contributed by atoms with Gasteiger partial charge in [0.15, 0.2) is 0 Å². The molecule has 0 aliphatic carbocycles. The zero-order chi connectivity index (χ0) is 19.8. The standard InChI is InChI=1S/C22H21ClN2O3/c23-21-9-2-1-6-17(21)15-28-19-7-3-5-16(12-19)11-18(13-24)22(26)25-14-20-8-4-10-27-20/h1-3,5-7,9,11-12,20H,4,8,10,14-15H2,(H,25,26)/b18-11+/t20-/m1/s1. The van der Waals surface area contributed by atoms with Crippen molar-refractivity contribution >= 4 is 23.6 Å². The molecule has 5 nitrogen and oxygen atoms in total. The number of carbonyl (C=O) groups excluding carboxylic acids is 1. The molecule has 0 spiro atoms. The van der Waals surface area contributed by atoms with Gasteiger partial charge in [-0.3, -0.25) is 4.79 Å². The first-order chi connectivity index (χ1) is 13.7. The maximum absolute atomic E-state index is 12.3. The number of rotatable bonds is 7. The zero-order valence-corrected chi connectivity index (χ0v) is 16.1. The molecule has 0 aromatic heterocycles. The van der Waals surface area contributed by atoms with Crippen LogP contribution in [0.25, 0.3) is 6.08 Å². The van der Waals surface area contributed by atoms with E-state index in [0.29, 0.717) is 29.5 Å². The molecular formula is C22H21ClN2O3. The van der Waals surface area contributed by atoms with Gasteiger partial charge in [-0.15, -0.1) is 0 Å². The number of carbonyl (C=O) groups is 1. The Morgan fingerprint density at radius 1 is 1.32 bits per heavy atom. The SMILES string of the molecule is N#C/C(=C\c1cccc(OCc2ccccc2Cl)c1)C(=O)NC[C@H]1CCCO1. The van der Waals surface area contributed by atoms with Crippen molar-refractivity contribution in [2.45, 2.75) is 25.6 Å². The van der Waals surface area contributed by atoms with Gasteiger partial charge in [-0.05, 0) is 42.7 Å². The van der Waals surface area contributed by atoms with Gasteiger partial charge in [-0.2, -0.15) is 5.26 Å². The first-order valence-electron chi connectivity index (χ1n) is 9.13. The van der Waals surface area contributed by atoms with Crippen molar-refractivity contribution in [1.82, 2.24) is 5.32 Å². The van der Waals surface area contributed by atoms with Gasteiger partial charge in [-0.25, -0.2) is 0 Å². The second kappa shape index (κ2) is 9.93. The van der Waals surface area contributed by atoms with Gasteiger partial charge in [-0.1, -0.05) is 41.9 Å². The molecule has 6 heteroatoms. The van der Waals surface area contributed by atoms with Gasteiger partial charge < -0.3 is 14.8 Å². The zero-order valence-electron chi connectivity index (χ0n) is 15.4. The highest BCUT2D eigenvalue weighted by Crippen LogP contribution is 2.20. The third-order valence-corrected chi connectivity index (χ3v) is 4.77. The number of amides is 1. The molecule has 1 N–H and O–H groups in total. The van der Waals surface area contributed by atoms with Gasteiger partial charge in [0.25, 0.3) is 5.91 Å². The van der Waals surface area contributed by atoms with Crippen LogP contribution in [0.5, 0.6) is 5.75 Å². The van der Waals surface area contributed by atoms with E-state index in [0.717, 1.165) is 25.0 Å². The lowest BCUT2D eigenvalue weighted by Gasteiger charge is -2.10. The Kier molecular flexibility index (Phi) is 7.07. The minimum Gasteiger partial charge on any atom is -0.489 e. The number of halogens is 1. The van der Waals surface area contributed by atoms with E-state index >= 15 is 0 Å². The molecular weight excluding hydrogens is 376 g/mol. The molecule has 1 aliphatic heterocycles. The van der Waals surface area contributed by atoms with Crippen molar-refractivity contribution in [3.8, 4) is 11.8 Å². The first-order valence-corrected chi connectivity index (χ1v) is 9.51. The molecule has 28 heavy (non-hydrogen) atoms. The Labute approximate surface area is 169 Å². The lowest BCUT2D eigenvalue weighted by molar-refractivity contribution is -0.117. The first kappa shape index (κ1) is 19.9. The highest BCUT2D eigenvalue weighted by Gasteiger charge is 2.17. The lowest BCUT2D eigenvalue weighted by atomic mass is 10.1. The molecule has 2 aromatic rings. The monoisotopic (exact) mass is 396 g/mol. The fourth-order valence-corrected chi connectivity index (χ4v) is 3.08. The molecule has 3 rings (SSSR count). The highest BCUT2D eigenvalue weighted by molar-refractivity contribution is 6.31. The van der Waals surface area contributed by atoms with Crippen molar-refractivity contribution in [3.05, 3.63) is 70.3 Å². The summed E-state index contributed by atoms with van der Waals surface area (Å²) in [4.78, 5) is 12.3. The van der Waals surface area contributed by atoms with Gasteiger partial charge in [0, 0.05) is 23.7 Å². The van der Waals surface area contributed by atoms with Crippen LogP contribution in [-0.2, 0) is 16.1 Å². The molecule has 1 amide bonds. The van der Waals surface area contributed by atoms with Crippen LogP contribution in [0.15, 0.2) is 54.1 Å². The summed E-state index contributed by atoms with van der Waals surface area (Å²) >= 11 is 6.14. The van der Waals surface area contributed by atoms with Crippen molar-refractivity contribution in [2.75, 3.05) is 13.2 Å². The van der Waals surface area contributed by atoms with Crippen LogP contribution < -0.4 is 10.1 Å². The van der Waals surface area contributed by atoms with Crippen molar-refractivity contribution in [2.24, 2.45) is 0 Å². The Morgan fingerprint density at radius 3 is 2.93 bits per heavy atom. The number of hydrogen-bond acceptors (Lipinski definition) is 4. The summed E-state index contributed by atoms with van der Waals surface area (Å²) in [6.45, 7) is 1.47. The molecule has 144 valence electrons. The summed E-state index contributed by atoms with van der Waals surface area (Å²) in [6.07, 6.45) is 3.51. The van der Waals surface area contributed by atoms with Crippen LogP contribution in [0.3, 0.4) is 0 Å². The maximum Gasteiger partial charge on any atom is 0.262 e. The van der Waals surface area contributed by atoms with Crippen LogP contribution in [0.2, 0.25) is 5.02 Å². The summed E-state index contributed by atoms with van der Waals surface area (Å²) in [5.41, 5.74) is 1.64. The second-order valence-electron chi connectivity index (χ2n) is 6.47. The van der Waals surface area contributed by atoms with Gasteiger partial charge in [0.1, 0.15) is 24.0 Å². The lowest BCUT2D eigenvalue weighted by Crippen LogP contribution is -2.32. The molecule has 0 bridgehead atoms. The van der Waals surface area contributed by atoms with E-state index in [2.05, 4.69) is 5.32 Å². The summed E-state index contributed by atoms with van der Waals surface area (Å²) in [5.74, 6) is 0.228. The molecule has 0 unspecified atom stereocenters. The smallest absolute Gasteiger partial charge is 0.262 e. The van der Waals surface area contributed by atoms with Gasteiger partial charge >= 0.3 is 0 Å². The maximum atomic E-state index is 12.3. The van der Waals surface area contributed by atoms with Crippen molar-refractivity contribution in [3.63, 3.8) is 0 Å². The average molecular weight is 397 g/mol. The molecule has 1 aliphatic rings. The number of ether oxygens (including phenoxy) is 2. The van der Waals surface area contributed by atoms with Crippen molar-refractivity contribution < 1.29 is 14.3 Å².